The normalized spacial score (nSPS) is 10.5. The molecule has 0 aliphatic heterocycles. The number of benzene rings is 1. The summed E-state index contributed by atoms with van der Waals surface area (Å²) >= 11 is 0. The van der Waals surface area contributed by atoms with Crippen LogP contribution >= 0.6 is 0 Å². The van der Waals surface area contributed by atoms with Crippen LogP contribution in [0.1, 0.15) is 41.8 Å². The minimum absolute atomic E-state index is 0.444. The molecule has 1 amide bonds. The van der Waals surface area contributed by atoms with Gasteiger partial charge >= 0.3 is 0 Å². The number of amides is 1. The Kier molecular flexibility index (Phi) is 5.08. The Morgan fingerprint density at radius 3 is 2.50 bits per heavy atom. The van der Waals surface area contributed by atoms with E-state index < -0.39 is 11.7 Å². The topological polar surface area (TPSA) is 46.2 Å². The van der Waals surface area contributed by atoms with Gasteiger partial charge in [0.2, 0.25) is 5.78 Å². The number of nitrogens with one attached hydrogen (secondary N) is 1. The summed E-state index contributed by atoms with van der Waals surface area (Å²) in [5, 5.41) is 2.67. The fraction of sp³-hybridized carbons (Fsp3) is 0.467. The van der Waals surface area contributed by atoms with E-state index in [1.807, 2.05) is 26.0 Å². The van der Waals surface area contributed by atoms with Gasteiger partial charge in [0, 0.05) is 12.1 Å². The van der Waals surface area contributed by atoms with E-state index in [9.17, 15) is 9.59 Å². The van der Waals surface area contributed by atoms with Gasteiger partial charge < -0.3 is 5.32 Å². The predicted molar refractivity (Wildman–Crippen MR) is 72.7 cm³/mol. The van der Waals surface area contributed by atoms with Crippen LogP contribution in [-0.2, 0) is 4.79 Å². The molecule has 0 saturated carbocycles. The summed E-state index contributed by atoms with van der Waals surface area (Å²) in [6.45, 7) is 8.46. The van der Waals surface area contributed by atoms with Gasteiger partial charge in [0.15, 0.2) is 0 Å². The highest BCUT2D eigenvalue weighted by atomic mass is 16.2. The van der Waals surface area contributed by atoms with E-state index in [2.05, 4.69) is 19.2 Å². The van der Waals surface area contributed by atoms with Gasteiger partial charge in [-0.25, -0.2) is 0 Å². The highest BCUT2D eigenvalue weighted by Crippen LogP contribution is 2.11. The van der Waals surface area contributed by atoms with Crippen LogP contribution in [0, 0.1) is 19.8 Å². The van der Waals surface area contributed by atoms with Crippen LogP contribution in [-0.4, -0.2) is 18.2 Å². The Bertz CT molecular complexity index is 450. The molecule has 0 aliphatic carbocycles. The minimum Gasteiger partial charge on any atom is -0.349 e. The second kappa shape index (κ2) is 6.34. The van der Waals surface area contributed by atoms with E-state index in [1.54, 1.807) is 6.07 Å². The van der Waals surface area contributed by atoms with Gasteiger partial charge in [0.25, 0.3) is 5.91 Å². The molecular weight excluding hydrogens is 226 g/mol. The molecule has 3 heteroatoms. The number of Topliss-reactive ketones (excluding diaryl/α,β-unsaturated/α-hetero) is 1. The zero-order valence-electron chi connectivity index (χ0n) is 11.5. The molecule has 18 heavy (non-hydrogen) atoms. The number of carbonyl (C=O) groups is 2. The first-order valence-electron chi connectivity index (χ1n) is 6.31. The van der Waals surface area contributed by atoms with Crippen LogP contribution in [0.5, 0.6) is 0 Å². The van der Waals surface area contributed by atoms with Crippen molar-refractivity contribution in [3.8, 4) is 0 Å². The zero-order valence-corrected chi connectivity index (χ0v) is 11.5. The monoisotopic (exact) mass is 247 g/mol. The summed E-state index contributed by atoms with van der Waals surface area (Å²) in [5.74, 6) is -0.439. The molecule has 0 radical (unpaired) electrons. The maximum absolute atomic E-state index is 12.0. The highest BCUT2D eigenvalue weighted by molar-refractivity contribution is 6.43. The van der Waals surface area contributed by atoms with Crippen molar-refractivity contribution < 1.29 is 9.59 Å². The maximum Gasteiger partial charge on any atom is 0.292 e. The number of hydrogen-bond donors (Lipinski definition) is 1. The smallest absolute Gasteiger partial charge is 0.292 e. The van der Waals surface area contributed by atoms with Crippen LogP contribution in [0.15, 0.2) is 18.2 Å². The SMILES string of the molecule is Cc1ccc(C)c(C(=O)C(=O)NCCC(C)C)c1. The first-order chi connectivity index (χ1) is 8.41. The summed E-state index contributed by atoms with van der Waals surface area (Å²) in [6.07, 6.45) is 0.881. The van der Waals surface area contributed by atoms with Gasteiger partial charge in [0.05, 0.1) is 0 Å². The Hall–Kier alpha value is -1.64. The van der Waals surface area contributed by atoms with Crippen LogP contribution in [0.4, 0.5) is 0 Å². The number of aryl methyl sites for hydroxylation is 2. The molecule has 1 rings (SSSR count). The van der Waals surface area contributed by atoms with Crippen molar-refractivity contribution in [2.24, 2.45) is 5.92 Å². The molecular formula is C15H21NO2. The van der Waals surface area contributed by atoms with Gasteiger partial charge in [-0.2, -0.15) is 0 Å². The largest absolute Gasteiger partial charge is 0.349 e. The first-order valence-corrected chi connectivity index (χ1v) is 6.31. The summed E-state index contributed by atoms with van der Waals surface area (Å²) in [6, 6.07) is 5.56. The van der Waals surface area contributed by atoms with E-state index in [4.69, 9.17) is 0 Å². The van der Waals surface area contributed by atoms with Gasteiger partial charge in [-0.3, -0.25) is 9.59 Å². The average Bonchev–Trinajstić information content (AvgIpc) is 2.30. The predicted octanol–water partition coefficient (Wildman–Crippen LogP) is 2.65. The van der Waals surface area contributed by atoms with Crippen LogP contribution in [0.2, 0.25) is 0 Å². The van der Waals surface area contributed by atoms with Crippen molar-refractivity contribution in [3.63, 3.8) is 0 Å². The Morgan fingerprint density at radius 2 is 1.89 bits per heavy atom. The second-order valence-corrected chi connectivity index (χ2v) is 5.09. The van der Waals surface area contributed by atoms with Crippen molar-refractivity contribution >= 4 is 11.7 Å². The molecule has 1 N–H and O–H groups in total. The molecule has 0 bridgehead atoms. The second-order valence-electron chi connectivity index (χ2n) is 5.09. The van der Waals surface area contributed by atoms with Crippen molar-refractivity contribution in [1.82, 2.24) is 5.32 Å². The molecule has 0 unspecified atom stereocenters. The fourth-order valence-corrected chi connectivity index (χ4v) is 1.66. The summed E-state index contributed by atoms with van der Waals surface area (Å²) < 4.78 is 0. The average molecular weight is 247 g/mol. The fourth-order valence-electron chi connectivity index (χ4n) is 1.66. The number of carbonyl (C=O) groups excluding carboxylic acids is 2. The summed E-state index contributed by atoms with van der Waals surface area (Å²) in [7, 11) is 0. The first kappa shape index (κ1) is 14.4. The molecule has 0 atom stereocenters. The van der Waals surface area contributed by atoms with Gasteiger partial charge in [-0.05, 0) is 37.8 Å². The Labute approximate surface area is 109 Å². The molecule has 98 valence electrons. The third-order valence-corrected chi connectivity index (χ3v) is 2.85. The molecule has 0 saturated heterocycles. The standard InChI is InChI=1S/C15H21NO2/c1-10(2)7-8-16-15(18)14(17)13-9-11(3)5-6-12(13)4/h5-6,9-10H,7-8H2,1-4H3,(H,16,18). The molecule has 0 fully saturated rings. The molecule has 0 aromatic heterocycles. The lowest BCUT2D eigenvalue weighted by atomic mass is 10.0. The lowest BCUT2D eigenvalue weighted by molar-refractivity contribution is -0.117. The van der Waals surface area contributed by atoms with Gasteiger partial charge in [-0.15, -0.1) is 0 Å². The Morgan fingerprint density at radius 1 is 1.22 bits per heavy atom. The zero-order chi connectivity index (χ0) is 13.7. The Balaban J connectivity index is 2.69. The number of hydrogen-bond acceptors (Lipinski definition) is 2. The number of ketones is 1. The molecule has 0 heterocycles. The van der Waals surface area contributed by atoms with Crippen molar-refractivity contribution in [2.75, 3.05) is 6.54 Å². The molecule has 1 aromatic carbocycles. The van der Waals surface area contributed by atoms with E-state index in [0.29, 0.717) is 18.0 Å². The highest BCUT2D eigenvalue weighted by Gasteiger charge is 2.17. The van der Waals surface area contributed by atoms with Crippen LogP contribution < -0.4 is 5.32 Å². The third kappa shape index (κ3) is 3.99. The quantitative estimate of drug-likeness (QED) is 0.642. The maximum atomic E-state index is 12.0. The number of rotatable bonds is 5. The van der Waals surface area contributed by atoms with E-state index >= 15 is 0 Å². The van der Waals surface area contributed by atoms with E-state index in [1.165, 1.54) is 0 Å². The van der Waals surface area contributed by atoms with Crippen molar-refractivity contribution in [3.05, 3.63) is 34.9 Å². The van der Waals surface area contributed by atoms with Crippen molar-refractivity contribution in [2.45, 2.75) is 34.1 Å². The lowest BCUT2D eigenvalue weighted by Gasteiger charge is -2.08. The van der Waals surface area contributed by atoms with Crippen LogP contribution in [0.25, 0.3) is 0 Å². The van der Waals surface area contributed by atoms with Gasteiger partial charge in [0.1, 0.15) is 0 Å². The summed E-state index contributed by atoms with van der Waals surface area (Å²) in [5.41, 5.74) is 2.32. The van der Waals surface area contributed by atoms with Crippen LogP contribution in [0.3, 0.4) is 0 Å². The molecule has 0 aliphatic rings. The molecule has 1 aromatic rings. The summed E-state index contributed by atoms with van der Waals surface area (Å²) in [4.78, 5) is 23.7. The van der Waals surface area contributed by atoms with E-state index in [-0.39, 0.29) is 0 Å². The van der Waals surface area contributed by atoms with Crippen molar-refractivity contribution in [1.29, 1.82) is 0 Å². The molecule has 3 nitrogen and oxygen atoms in total. The van der Waals surface area contributed by atoms with Gasteiger partial charge in [-0.1, -0.05) is 31.5 Å². The third-order valence-electron chi connectivity index (χ3n) is 2.85. The van der Waals surface area contributed by atoms with E-state index in [0.717, 1.165) is 17.5 Å². The minimum atomic E-state index is -0.510. The molecule has 0 spiro atoms. The lowest BCUT2D eigenvalue weighted by Crippen LogP contribution is -2.32.